The monoisotopic (exact) mass is 248 g/mol. The fraction of sp³-hybridized carbons (Fsp3) is 0.417. The summed E-state index contributed by atoms with van der Waals surface area (Å²) >= 11 is 0. The normalized spacial score (nSPS) is 15.8. The van der Waals surface area contributed by atoms with Gasteiger partial charge < -0.3 is 15.5 Å². The van der Waals surface area contributed by atoms with Crippen LogP contribution in [0.4, 0.5) is 5.69 Å². The van der Waals surface area contributed by atoms with Gasteiger partial charge in [0.2, 0.25) is 5.91 Å². The van der Waals surface area contributed by atoms with Gasteiger partial charge in [0.25, 0.3) is 5.91 Å². The lowest BCUT2D eigenvalue weighted by Crippen LogP contribution is -2.37. The van der Waals surface area contributed by atoms with E-state index in [1.165, 1.54) is 6.20 Å². The van der Waals surface area contributed by atoms with Crippen LogP contribution < -0.4 is 10.6 Å². The highest BCUT2D eigenvalue weighted by atomic mass is 16.2. The number of carbonyl (C=O) groups excluding carboxylic acids is 2. The molecule has 2 amide bonds. The molecule has 0 saturated carbocycles. The summed E-state index contributed by atoms with van der Waals surface area (Å²) in [5.41, 5.74) is 1.22. The van der Waals surface area contributed by atoms with E-state index in [0.29, 0.717) is 18.7 Å². The molecular formula is C12H16N4O2. The standard InChI is InChI=1S/C12H16N4O2/c1-13-10-3-5-14-7-9(10)12(18)16-6-2-4-15-11(17)8-16/h3,5,7H,2,4,6,8H2,1H3,(H,13,14)(H,15,17). The lowest BCUT2D eigenvalue weighted by molar-refractivity contribution is -0.121. The van der Waals surface area contributed by atoms with Crippen LogP contribution in [0, 0.1) is 0 Å². The van der Waals surface area contributed by atoms with E-state index in [4.69, 9.17) is 0 Å². The number of pyridine rings is 1. The first kappa shape index (κ1) is 12.3. The Labute approximate surface area is 105 Å². The van der Waals surface area contributed by atoms with Crippen LogP contribution in [0.1, 0.15) is 16.8 Å². The Kier molecular flexibility index (Phi) is 3.76. The Morgan fingerprint density at radius 2 is 2.39 bits per heavy atom. The van der Waals surface area contributed by atoms with Crippen molar-refractivity contribution in [3.8, 4) is 0 Å². The summed E-state index contributed by atoms with van der Waals surface area (Å²) in [4.78, 5) is 29.3. The average Bonchev–Trinajstić information content (AvgIpc) is 2.62. The fourth-order valence-electron chi connectivity index (χ4n) is 1.93. The van der Waals surface area contributed by atoms with Crippen molar-refractivity contribution < 1.29 is 9.59 Å². The molecule has 1 saturated heterocycles. The summed E-state index contributed by atoms with van der Waals surface area (Å²) in [7, 11) is 1.75. The van der Waals surface area contributed by atoms with E-state index in [1.54, 1.807) is 24.2 Å². The third kappa shape index (κ3) is 2.58. The molecule has 6 heteroatoms. The van der Waals surface area contributed by atoms with Gasteiger partial charge in [0.15, 0.2) is 0 Å². The molecule has 18 heavy (non-hydrogen) atoms. The topological polar surface area (TPSA) is 74.3 Å². The zero-order valence-electron chi connectivity index (χ0n) is 10.3. The Morgan fingerprint density at radius 3 is 3.17 bits per heavy atom. The van der Waals surface area contributed by atoms with E-state index in [2.05, 4.69) is 15.6 Å². The smallest absolute Gasteiger partial charge is 0.257 e. The minimum atomic E-state index is -0.162. The zero-order chi connectivity index (χ0) is 13.0. The van der Waals surface area contributed by atoms with E-state index in [-0.39, 0.29) is 18.4 Å². The number of amides is 2. The molecule has 0 aromatic carbocycles. The van der Waals surface area contributed by atoms with Crippen molar-refractivity contribution in [3.63, 3.8) is 0 Å². The zero-order valence-corrected chi connectivity index (χ0v) is 10.3. The third-order valence-corrected chi connectivity index (χ3v) is 2.87. The highest BCUT2D eigenvalue weighted by Gasteiger charge is 2.22. The number of nitrogens with zero attached hydrogens (tertiary/aromatic N) is 2. The minimum Gasteiger partial charge on any atom is -0.387 e. The number of aromatic nitrogens is 1. The molecule has 2 rings (SSSR count). The van der Waals surface area contributed by atoms with Crippen molar-refractivity contribution >= 4 is 17.5 Å². The molecule has 1 aromatic rings. The van der Waals surface area contributed by atoms with E-state index >= 15 is 0 Å². The lowest BCUT2D eigenvalue weighted by Gasteiger charge is -2.20. The molecule has 1 fully saturated rings. The van der Waals surface area contributed by atoms with Crippen LogP contribution in [-0.4, -0.2) is 48.4 Å². The Morgan fingerprint density at radius 1 is 1.56 bits per heavy atom. The van der Waals surface area contributed by atoms with Crippen LogP contribution in [0.5, 0.6) is 0 Å². The number of carbonyl (C=O) groups is 2. The van der Waals surface area contributed by atoms with Crippen molar-refractivity contribution in [1.82, 2.24) is 15.2 Å². The SMILES string of the molecule is CNc1ccncc1C(=O)N1CCCNC(=O)C1. The fourth-order valence-corrected chi connectivity index (χ4v) is 1.93. The summed E-state index contributed by atoms with van der Waals surface area (Å²) in [6, 6.07) is 1.74. The van der Waals surface area contributed by atoms with E-state index in [1.807, 2.05) is 0 Å². The van der Waals surface area contributed by atoms with Gasteiger partial charge in [-0.25, -0.2) is 0 Å². The Hall–Kier alpha value is -2.11. The minimum absolute atomic E-state index is 0.108. The molecule has 1 aliphatic rings. The highest BCUT2D eigenvalue weighted by Crippen LogP contribution is 2.15. The predicted molar refractivity (Wildman–Crippen MR) is 67.3 cm³/mol. The summed E-state index contributed by atoms with van der Waals surface area (Å²) in [5.74, 6) is -0.278. The van der Waals surface area contributed by atoms with Crippen LogP contribution in [0.2, 0.25) is 0 Å². The molecular weight excluding hydrogens is 232 g/mol. The van der Waals surface area contributed by atoms with Crippen molar-refractivity contribution in [1.29, 1.82) is 0 Å². The van der Waals surface area contributed by atoms with Gasteiger partial charge in [-0.15, -0.1) is 0 Å². The van der Waals surface area contributed by atoms with E-state index < -0.39 is 0 Å². The van der Waals surface area contributed by atoms with Crippen molar-refractivity contribution in [2.24, 2.45) is 0 Å². The lowest BCUT2D eigenvalue weighted by atomic mass is 10.2. The maximum Gasteiger partial charge on any atom is 0.257 e. The molecule has 2 heterocycles. The van der Waals surface area contributed by atoms with Crippen molar-refractivity contribution in [2.45, 2.75) is 6.42 Å². The molecule has 2 N–H and O–H groups in total. The van der Waals surface area contributed by atoms with Gasteiger partial charge in [0, 0.05) is 38.2 Å². The quantitative estimate of drug-likeness (QED) is 0.777. The molecule has 1 aromatic heterocycles. The Bertz CT molecular complexity index is 461. The van der Waals surface area contributed by atoms with Gasteiger partial charge >= 0.3 is 0 Å². The Balaban J connectivity index is 2.21. The molecule has 0 spiro atoms. The molecule has 0 aliphatic carbocycles. The van der Waals surface area contributed by atoms with Gasteiger partial charge in [-0.05, 0) is 12.5 Å². The molecule has 0 bridgehead atoms. The summed E-state index contributed by atoms with van der Waals surface area (Å²) in [5, 5.41) is 5.70. The molecule has 1 aliphatic heterocycles. The molecule has 6 nitrogen and oxygen atoms in total. The summed E-state index contributed by atoms with van der Waals surface area (Å²) in [6.07, 6.45) is 3.92. The number of hydrogen-bond acceptors (Lipinski definition) is 4. The summed E-state index contributed by atoms with van der Waals surface area (Å²) < 4.78 is 0. The number of anilines is 1. The van der Waals surface area contributed by atoms with Crippen molar-refractivity contribution in [3.05, 3.63) is 24.0 Å². The molecule has 96 valence electrons. The van der Waals surface area contributed by atoms with Gasteiger partial charge in [0.1, 0.15) is 0 Å². The average molecular weight is 248 g/mol. The number of hydrogen-bond donors (Lipinski definition) is 2. The largest absolute Gasteiger partial charge is 0.387 e. The van der Waals surface area contributed by atoms with Crippen LogP contribution in [0.15, 0.2) is 18.5 Å². The first-order valence-corrected chi connectivity index (χ1v) is 5.90. The highest BCUT2D eigenvalue weighted by molar-refractivity contribution is 6.00. The van der Waals surface area contributed by atoms with Crippen LogP contribution in [0.25, 0.3) is 0 Å². The van der Waals surface area contributed by atoms with Gasteiger partial charge in [-0.1, -0.05) is 0 Å². The second kappa shape index (κ2) is 5.48. The van der Waals surface area contributed by atoms with Crippen molar-refractivity contribution in [2.75, 3.05) is 32.0 Å². The second-order valence-corrected chi connectivity index (χ2v) is 4.10. The van der Waals surface area contributed by atoms with E-state index in [0.717, 1.165) is 12.1 Å². The third-order valence-electron chi connectivity index (χ3n) is 2.87. The first-order chi connectivity index (χ1) is 8.72. The van der Waals surface area contributed by atoms with Gasteiger partial charge in [0.05, 0.1) is 12.1 Å². The number of rotatable bonds is 2. The predicted octanol–water partition coefficient (Wildman–Crippen LogP) is 0.0854. The van der Waals surface area contributed by atoms with E-state index in [9.17, 15) is 9.59 Å². The summed E-state index contributed by atoms with van der Waals surface area (Å²) in [6.45, 7) is 1.31. The first-order valence-electron chi connectivity index (χ1n) is 5.90. The second-order valence-electron chi connectivity index (χ2n) is 4.10. The molecule has 0 unspecified atom stereocenters. The maximum atomic E-state index is 12.3. The number of nitrogens with one attached hydrogen (secondary N) is 2. The van der Waals surface area contributed by atoms with Crippen LogP contribution >= 0.6 is 0 Å². The van der Waals surface area contributed by atoms with Crippen LogP contribution in [0.3, 0.4) is 0 Å². The maximum absolute atomic E-state index is 12.3. The van der Waals surface area contributed by atoms with Gasteiger partial charge in [-0.2, -0.15) is 0 Å². The van der Waals surface area contributed by atoms with Gasteiger partial charge in [-0.3, -0.25) is 14.6 Å². The molecule has 0 atom stereocenters. The molecule has 0 radical (unpaired) electrons. The van der Waals surface area contributed by atoms with Crippen LogP contribution in [-0.2, 0) is 4.79 Å².